The van der Waals surface area contributed by atoms with Crippen molar-refractivity contribution in [3.63, 3.8) is 0 Å². The molecular formula is C38H47NO11. The summed E-state index contributed by atoms with van der Waals surface area (Å²) in [5.41, 5.74) is 2.36. The van der Waals surface area contributed by atoms with E-state index in [1.54, 1.807) is 55.5 Å². The number of ether oxygens (including phenoxy) is 7. The molecule has 0 aliphatic carbocycles. The van der Waals surface area contributed by atoms with Crippen LogP contribution in [0.4, 0.5) is 0 Å². The Labute approximate surface area is 293 Å². The van der Waals surface area contributed by atoms with Crippen LogP contribution in [0.3, 0.4) is 0 Å². The Bertz CT molecular complexity index is 1580. The Hall–Kier alpha value is -5.13. The summed E-state index contributed by atoms with van der Waals surface area (Å²) in [5.74, 6) is 0.589. The van der Waals surface area contributed by atoms with Gasteiger partial charge in [0.1, 0.15) is 17.9 Å². The maximum Gasteiger partial charge on any atom is 0.341 e. The summed E-state index contributed by atoms with van der Waals surface area (Å²) in [5, 5.41) is 8.99. The topological polar surface area (TPSA) is 139 Å². The van der Waals surface area contributed by atoms with Crippen molar-refractivity contribution in [3.8, 4) is 34.5 Å². The van der Waals surface area contributed by atoms with Crippen LogP contribution in [-0.4, -0.2) is 82.6 Å². The Morgan fingerprint density at radius 2 is 1.46 bits per heavy atom. The number of esters is 1. The predicted octanol–water partition coefficient (Wildman–Crippen LogP) is 5.99. The molecule has 4 rings (SSSR count). The molecule has 0 saturated carbocycles. The van der Waals surface area contributed by atoms with E-state index in [9.17, 15) is 14.4 Å². The maximum atomic E-state index is 14.3. The smallest absolute Gasteiger partial charge is 0.341 e. The van der Waals surface area contributed by atoms with E-state index in [2.05, 4.69) is 0 Å². The van der Waals surface area contributed by atoms with Crippen LogP contribution in [0.2, 0.25) is 0 Å². The summed E-state index contributed by atoms with van der Waals surface area (Å²) in [6.07, 6.45) is 2.81. The van der Waals surface area contributed by atoms with E-state index in [0.29, 0.717) is 77.9 Å². The van der Waals surface area contributed by atoms with Gasteiger partial charge < -0.3 is 43.2 Å². The molecule has 1 aliphatic rings. The van der Waals surface area contributed by atoms with Crippen molar-refractivity contribution in [2.45, 2.75) is 63.5 Å². The monoisotopic (exact) mass is 693 g/mol. The molecule has 1 saturated heterocycles. The van der Waals surface area contributed by atoms with E-state index in [1.165, 1.54) is 21.3 Å². The first kappa shape index (κ1) is 37.7. The van der Waals surface area contributed by atoms with Crippen molar-refractivity contribution in [1.29, 1.82) is 0 Å². The fourth-order valence-corrected chi connectivity index (χ4v) is 6.27. The maximum absolute atomic E-state index is 14.3. The zero-order valence-corrected chi connectivity index (χ0v) is 29.6. The number of hydrogen-bond acceptors (Lipinski definition) is 10. The van der Waals surface area contributed by atoms with Crippen molar-refractivity contribution in [3.05, 3.63) is 71.3 Å². The van der Waals surface area contributed by atoms with Gasteiger partial charge in [-0.15, -0.1) is 0 Å². The number of carbonyl (C=O) groups excluding carboxylic acids is 2. The molecule has 0 unspecified atom stereocenters. The van der Waals surface area contributed by atoms with E-state index in [-0.39, 0.29) is 5.91 Å². The van der Waals surface area contributed by atoms with Gasteiger partial charge in [0.05, 0.1) is 41.5 Å². The third-order valence-corrected chi connectivity index (χ3v) is 8.87. The number of amides is 1. The van der Waals surface area contributed by atoms with Crippen molar-refractivity contribution < 1.29 is 52.6 Å². The van der Waals surface area contributed by atoms with Gasteiger partial charge in [-0.3, -0.25) is 4.79 Å². The van der Waals surface area contributed by atoms with Crippen LogP contribution in [0.1, 0.15) is 67.7 Å². The first-order chi connectivity index (χ1) is 24.2. The average molecular weight is 694 g/mol. The molecule has 3 aromatic carbocycles. The third-order valence-electron chi connectivity index (χ3n) is 8.87. The number of benzene rings is 3. The van der Waals surface area contributed by atoms with Crippen LogP contribution in [0, 0.1) is 0 Å². The SMILES string of the molecule is CC[C@H](C(=O)N1CCCC[C@H]1C(=O)O[C@H](CCc1ccc(OC)c(OC)c1)c1ccc(OCC(=O)O)cc1)c1cc(OC)c(OC)c(OC)c1. The molecule has 3 atom stereocenters. The van der Waals surface area contributed by atoms with Gasteiger partial charge in [0, 0.05) is 6.54 Å². The highest BCUT2D eigenvalue weighted by Gasteiger charge is 2.38. The third kappa shape index (κ3) is 9.10. The minimum Gasteiger partial charge on any atom is -0.493 e. The van der Waals surface area contributed by atoms with E-state index in [4.69, 9.17) is 38.3 Å². The normalized spacial score (nSPS) is 15.3. The van der Waals surface area contributed by atoms with Gasteiger partial charge in [0.25, 0.3) is 0 Å². The lowest BCUT2D eigenvalue weighted by atomic mass is 9.91. The Morgan fingerprint density at radius 1 is 0.800 bits per heavy atom. The van der Waals surface area contributed by atoms with Crippen LogP contribution in [-0.2, 0) is 25.5 Å². The molecule has 0 spiro atoms. The standard InChI is InChI=1S/C38H47NO11/c1-7-28(26-21-33(46-4)36(48-6)34(22-26)47-5)37(42)39-19-9-8-10-29(39)38(43)50-30(25-13-15-27(16-14-25)49-23-35(40)41)17-11-24-12-18-31(44-2)32(20-24)45-3/h12-16,18,20-22,28-30H,7-11,17,19,23H2,1-6H3,(H,40,41)/t28-,29-,30+/m0/s1. The fraction of sp³-hybridized carbons (Fsp3) is 0.447. The van der Waals surface area contributed by atoms with Gasteiger partial charge >= 0.3 is 11.9 Å². The highest BCUT2D eigenvalue weighted by atomic mass is 16.5. The summed E-state index contributed by atoms with van der Waals surface area (Å²) in [6, 6.07) is 15.2. The molecular weight excluding hydrogens is 646 g/mol. The van der Waals surface area contributed by atoms with Crippen molar-refractivity contribution in [2.75, 3.05) is 48.7 Å². The number of likely N-dealkylation sites (tertiary alicyclic amines) is 1. The van der Waals surface area contributed by atoms with Gasteiger partial charge in [-0.25, -0.2) is 9.59 Å². The zero-order valence-electron chi connectivity index (χ0n) is 29.6. The molecule has 1 amide bonds. The lowest BCUT2D eigenvalue weighted by molar-refractivity contribution is -0.162. The molecule has 50 heavy (non-hydrogen) atoms. The van der Waals surface area contributed by atoms with Crippen LogP contribution >= 0.6 is 0 Å². The molecule has 12 heteroatoms. The summed E-state index contributed by atoms with van der Waals surface area (Å²) < 4.78 is 39.0. The van der Waals surface area contributed by atoms with Gasteiger partial charge in [-0.05, 0) is 91.6 Å². The lowest BCUT2D eigenvalue weighted by Gasteiger charge is -2.37. The van der Waals surface area contributed by atoms with Gasteiger partial charge in [-0.1, -0.05) is 25.1 Å². The van der Waals surface area contributed by atoms with E-state index < -0.39 is 36.6 Å². The van der Waals surface area contributed by atoms with Crippen LogP contribution in [0.5, 0.6) is 34.5 Å². The number of aryl methyl sites for hydroxylation is 1. The number of methoxy groups -OCH3 is 5. The second kappa shape index (κ2) is 18.0. The van der Waals surface area contributed by atoms with Crippen molar-refractivity contribution in [1.82, 2.24) is 4.90 Å². The van der Waals surface area contributed by atoms with Crippen molar-refractivity contribution >= 4 is 17.8 Å². The summed E-state index contributed by atoms with van der Waals surface area (Å²) in [7, 11) is 7.72. The Balaban J connectivity index is 1.59. The quantitative estimate of drug-likeness (QED) is 0.167. The molecule has 270 valence electrons. The molecule has 0 bridgehead atoms. The molecule has 1 heterocycles. The Kier molecular flexibility index (Phi) is 13.6. The van der Waals surface area contributed by atoms with Gasteiger partial charge in [0.2, 0.25) is 11.7 Å². The average Bonchev–Trinajstić information content (AvgIpc) is 3.15. The van der Waals surface area contributed by atoms with Crippen LogP contribution < -0.4 is 28.4 Å². The predicted molar refractivity (Wildman–Crippen MR) is 185 cm³/mol. The number of carboxylic acids is 1. The van der Waals surface area contributed by atoms with Gasteiger partial charge in [0.15, 0.2) is 29.6 Å². The fourth-order valence-electron chi connectivity index (χ4n) is 6.27. The number of rotatable bonds is 17. The second-order valence-electron chi connectivity index (χ2n) is 11.9. The lowest BCUT2D eigenvalue weighted by Crippen LogP contribution is -2.50. The number of hydrogen-bond donors (Lipinski definition) is 1. The van der Waals surface area contributed by atoms with Crippen molar-refractivity contribution in [2.24, 2.45) is 0 Å². The number of carboxylic acid groups (broad SMARTS) is 1. The van der Waals surface area contributed by atoms with Crippen LogP contribution in [0.15, 0.2) is 54.6 Å². The molecule has 3 aromatic rings. The highest BCUT2D eigenvalue weighted by molar-refractivity contribution is 5.89. The number of piperidine rings is 1. The molecule has 12 nitrogen and oxygen atoms in total. The minimum absolute atomic E-state index is 0.176. The summed E-state index contributed by atoms with van der Waals surface area (Å²) in [4.78, 5) is 41.0. The number of aliphatic carboxylic acids is 1. The zero-order chi connectivity index (χ0) is 36.2. The van der Waals surface area contributed by atoms with Gasteiger partial charge in [-0.2, -0.15) is 0 Å². The Morgan fingerprint density at radius 3 is 2.04 bits per heavy atom. The van der Waals surface area contributed by atoms with Crippen LogP contribution in [0.25, 0.3) is 0 Å². The van der Waals surface area contributed by atoms with E-state index >= 15 is 0 Å². The first-order valence-electron chi connectivity index (χ1n) is 16.6. The largest absolute Gasteiger partial charge is 0.493 e. The molecule has 1 aliphatic heterocycles. The van der Waals surface area contributed by atoms with E-state index in [0.717, 1.165) is 18.4 Å². The second-order valence-corrected chi connectivity index (χ2v) is 11.9. The molecule has 1 N–H and O–H groups in total. The summed E-state index contributed by atoms with van der Waals surface area (Å²) in [6.45, 7) is 1.87. The van der Waals surface area contributed by atoms with E-state index in [1.807, 2.05) is 25.1 Å². The summed E-state index contributed by atoms with van der Waals surface area (Å²) >= 11 is 0. The first-order valence-corrected chi connectivity index (χ1v) is 16.6. The molecule has 1 fully saturated rings. The number of carbonyl (C=O) groups is 3. The highest BCUT2D eigenvalue weighted by Crippen LogP contribution is 2.41. The minimum atomic E-state index is -1.09. The number of nitrogens with zero attached hydrogens (tertiary/aromatic N) is 1. The molecule has 0 aromatic heterocycles. The molecule has 0 radical (unpaired) electrons.